The summed E-state index contributed by atoms with van der Waals surface area (Å²) < 4.78 is 30.0. The lowest BCUT2D eigenvalue weighted by Gasteiger charge is -2.25. The molecule has 0 aliphatic carbocycles. The summed E-state index contributed by atoms with van der Waals surface area (Å²) in [7, 11) is 4.70. The number of aromatic nitrogens is 1. The molecule has 0 radical (unpaired) electrons. The highest BCUT2D eigenvalue weighted by atomic mass is 32.1. The van der Waals surface area contributed by atoms with E-state index in [1.807, 2.05) is 38.1 Å². The number of benzene rings is 2. The van der Waals surface area contributed by atoms with E-state index in [1.165, 1.54) is 11.3 Å². The van der Waals surface area contributed by atoms with Crippen molar-refractivity contribution in [3.8, 4) is 23.0 Å². The molecule has 2 aromatic carbocycles. The minimum atomic E-state index is -0.771. The molecule has 9 nitrogen and oxygen atoms in total. The molecule has 10 heteroatoms. The molecule has 0 spiro atoms. The van der Waals surface area contributed by atoms with E-state index in [0.717, 1.165) is 18.4 Å². The summed E-state index contributed by atoms with van der Waals surface area (Å²) >= 11 is 1.26. The molecule has 2 heterocycles. The van der Waals surface area contributed by atoms with Gasteiger partial charge in [0, 0.05) is 0 Å². The maximum absolute atomic E-state index is 14.0. The molecule has 0 saturated heterocycles. The van der Waals surface area contributed by atoms with Gasteiger partial charge in [-0.15, -0.1) is 0 Å². The zero-order chi connectivity index (χ0) is 30.4. The second kappa shape index (κ2) is 13.7. The number of hydrogen-bond acceptors (Lipinski definition) is 9. The van der Waals surface area contributed by atoms with Crippen LogP contribution in [0.5, 0.6) is 23.0 Å². The maximum atomic E-state index is 14.0. The zero-order valence-electron chi connectivity index (χ0n) is 25.2. The van der Waals surface area contributed by atoms with E-state index in [1.54, 1.807) is 51.0 Å². The van der Waals surface area contributed by atoms with Crippen molar-refractivity contribution in [1.82, 2.24) is 4.57 Å². The molecule has 0 fully saturated rings. The van der Waals surface area contributed by atoms with Crippen molar-refractivity contribution in [2.75, 3.05) is 34.5 Å². The molecule has 1 unspecified atom stereocenters. The topological polar surface area (TPSA) is 97.6 Å². The highest BCUT2D eigenvalue weighted by Gasteiger charge is 2.34. The fourth-order valence-corrected chi connectivity index (χ4v) is 5.66. The molecule has 1 atom stereocenters. The number of methoxy groups -OCH3 is 3. The van der Waals surface area contributed by atoms with Crippen LogP contribution in [-0.4, -0.2) is 45.1 Å². The van der Waals surface area contributed by atoms with Crippen molar-refractivity contribution in [3.63, 3.8) is 0 Å². The third-order valence-electron chi connectivity index (χ3n) is 6.75. The summed E-state index contributed by atoms with van der Waals surface area (Å²) in [5.41, 5.74) is 1.97. The number of allylic oxidation sites excluding steroid dienone is 1. The second-order valence-electron chi connectivity index (χ2n) is 10.3. The molecule has 0 saturated carbocycles. The number of carbonyl (C=O) groups is 1. The van der Waals surface area contributed by atoms with Crippen molar-refractivity contribution in [1.29, 1.82) is 0 Å². The molecule has 1 aliphatic rings. The zero-order valence-corrected chi connectivity index (χ0v) is 26.0. The Morgan fingerprint density at radius 1 is 1.02 bits per heavy atom. The van der Waals surface area contributed by atoms with Gasteiger partial charge in [-0.2, -0.15) is 0 Å². The third-order valence-corrected chi connectivity index (χ3v) is 7.74. The summed E-state index contributed by atoms with van der Waals surface area (Å²) in [5, 5.41) is 0. The number of hydrogen-bond donors (Lipinski definition) is 0. The van der Waals surface area contributed by atoms with Crippen molar-refractivity contribution in [3.05, 3.63) is 78.5 Å². The smallest absolute Gasteiger partial charge is 0.338 e. The average Bonchev–Trinajstić information content (AvgIpc) is 3.28. The third kappa shape index (κ3) is 6.54. The normalized spacial score (nSPS) is 14.9. The molecule has 1 aromatic heterocycles. The largest absolute Gasteiger partial charge is 0.493 e. The molecule has 0 bridgehead atoms. The summed E-state index contributed by atoms with van der Waals surface area (Å²) in [6, 6.07) is 10.1. The van der Waals surface area contributed by atoms with Crippen LogP contribution in [0.3, 0.4) is 0 Å². The predicted octanol–water partition coefficient (Wildman–Crippen LogP) is 4.64. The van der Waals surface area contributed by atoms with Crippen LogP contribution in [0.15, 0.2) is 57.5 Å². The molecule has 4 rings (SSSR count). The Hall–Kier alpha value is -4.05. The number of thiazole rings is 1. The van der Waals surface area contributed by atoms with E-state index in [4.69, 9.17) is 23.7 Å². The van der Waals surface area contributed by atoms with Gasteiger partial charge in [0.25, 0.3) is 5.56 Å². The molecule has 224 valence electrons. The summed E-state index contributed by atoms with van der Waals surface area (Å²) in [4.78, 5) is 32.7. The summed E-state index contributed by atoms with van der Waals surface area (Å²) in [5.74, 6) is 1.89. The Morgan fingerprint density at radius 2 is 1.71 bits per heavy atom. The van der Waals surface area contributed by atoms with Gasteiger partial charge in [0.05, 0.1) is 56.4 Å². The van der Waals surface area contributed by atoms with Gasteiger partial charge in [-0.05, 0) is 60.7 Å². The van der Waals surface area contributed by atoms with Crippen LogP contribution in [0.1, 0.15) is 57.7 Å². The SMILES string of the molecule is CCCCOc1ccc(C2C(C(=O)OCC(C)C)=C(C)N=c3s/c(=C\c4ccc(OC)c(OC)c4)c(=O)n32)cc1OC. The lowest BCUT2D eigenvalue weighted by atomic mass is 9.95. The van der Waals surface area contributed by atoms with Gasteiger partial charge in [-0.1, -0.05) is 50.7 Å². The molecule has 42 heavy (non-hydrogen) atoms. The first-order valence-electron chi connectivity index (χ1n) is 13.9. The van der Waals surface area contributed by atoms with Gasteiger partial charge in [0.2, 0.25) is 0 Å². The van der Waals surface area contributed by atoms with Gasteiger partial charge in [0.15, 0.2) is 27.8 Å². The first-order valence-corrected chi connectivity index (χ1v) is 14.8. The van der Waals surface area contributed by atoms with E-state index in [-0.39, 0.29) is 18.1 Å². The standard InChI is InChI=1S/C32H38N2O7S/c1-8-9-14-40-24-13-11-22(17-26(24)39-7)29-28(31(36)41-18-19(2)3)20(4)33-32-34(29)30(35)27(42-32)16-21-10-12-23(37-5)25(15-21)38-6/h10-13,15-17,19,29H,8-9,14,18H2,1-7H3/b27-16-. The van der Waals surface area contributed by atoms with E-state index in [2.05, 4.69) is 11.9 Å². The van der Waals surface area contributed by atoms with Crippen LogP contribution < -0.4 is 33.8 Å². The molecule has 1 aliphatic heterocycles. The fourth-order valence-electron chi connectivity index (χ4n) is 4.61. The van der Waals surface area contributed by atoms with E-state index in [9.17, 15) is 9.59 Å². The molecular formula is C32H38N2O7S. The van der Waals surface area contributed by atoms with Crippen LogP contribution in [0.4, 0.5) is 0 Å². The number of esters is 1. The first kappa shape index (κ1) is 30.9. The minimum Gasteiger partial charge on any atom is -0.493 e. The molecule has 0 N–H and O–H groups in total. The van der Waals surface area contributed by atoms with Crippen LogP contribution >= 0.6 is 11.3 Å². The van der Waals surface area contributed by atoms with Crippen molar-refractivity contribution >= 4 is 23.4 Å². The Bertz CT molecular complexity index is 1650. The Kier molecular flexibility index (Phi) is 10.1. The number of rotatable bonds is 12. The van der Waals surface area contributed by atoms with E-state index in [0.29, 0.717) is 55.8 Å². The number of carbonyl (C=O) groups excluding carboxylic acids is 1. The lowest BCUT2D eigenvalue weighted by Crippen LogP contribution is -2.40. The molecular weight excluding hydrogens is 556 g/mol. The van der Waals surface area contributed by atoms with Crippen molar-refractivity contribution in [2.45, 2.75) is 46.6 Å². The second-order valence-corrected chi connectivity index (χ2v) is 11.3. The van der Waals surface area contributed by atoms with Crippen LogP contribution in [0, 0.1) is 5.92 Å². The van der Waals surface area contributed by atoms with Gasteiger partial charge >= 0.3 is 5.97 Å². The van der Waals surface area contributed by atoms with E-state index < -0.39 is 12.0 Å². The number of ether oxygens (including phenoxy) is 5. The summed E-state index contributed by atoms with van der Waals surface area (Å²) in [6.45, 7) is 8.61. The highest BCUT2D eigenvalue weighted by Crippen LogP contribution is 2.36. The van der Waals surface area contributed by atoms with Crippen molar-refractivity contribution < 1.29 is 28.5 Å². The van der Waals surface area contributed by atoms with Gasteiger partial charge in [0.1, 0.15) is 0 Å². The maximum Gasteiger partial charge on any atom is 0.338 e. The highest BCUT2D eigenvalue weighted by molar-refractivity contribution is 7.07. The predicted molar refractivity (Wildman–Crippen MR) is 163 cm³/mol. The minimum absolute atomic E-state index is 0.149. The molecule has 0 amide bonds. The number of fused-ring (bicyclic) bond motifs is 1. The Morgan fingerprint density at radius 3 is 2.38 bits per heavy atom. The average molecular weight is 595 g/mol. The number of unbranched alkanes of at least 4 members (excludes halogenated alkanes) is 1. The molecule has 3 aromatic rings. The van der Waals surface area contributed by atoms with Crippen LogP contribution in [0.25, 0.3) is 6.08 Å². The van der Waals surface area contributed by atoms with Gasteiger partial charge < -0.3 is 23.7 Å². The Labute approximate surface area is 249 Å². The quantitative estimate of drug-likeness (QED) is 0.223. The van der Waals surface area contributed by atoms with Gasteiger partial charge in [-0.3, -0.25) is 9.36 Å². The first-order chi connectivity index (χ1) is 20.2. The van der Waals surface area contributed by atoms with Gasteiger partial charge in [-0.25, -0.2) is 9.79 Å². The van der Waals surface area contributed by atoms with Crippen LogP contribution in [-0.2, 0) is 9.53 Å². The summed E-state index contributed by atoms with van der Waals surface area (Å²) in [6.07, 6.45) is 3.70. The monoisotopic (exact) mass is 594 g/mol. The Balaban J connectivity index is 1.88. The fraction of sp³-hybridized carbons (Fsp3) is 0.406. The lowest BCUT2D eigenvalue weighted by molar-refractivity contribution is -0.140. The number of nitrogens with zero attached hydrogens (tertiary/aromatic N) is 2. The van der Waals surface area contributed by atoms with Crippen LogP contribution in [0.2, 0.25) is 0 Å². The van der Waals surface area contributed by atoms with Crippen molar-refractivity contribution in [2.24, 2.45) is 10.9 Å². The van der Waals surface area contributed by atoms with E-state index >= 15 is 0 Å².